The smallest absolute Gasteiger partial charge is 0.231 e. The van der Waals surface area contributed by atoms with E-state index in [4.69, 9.17) is 21.1 Å². The minimum atomic E-state index is -0.241. The van der Waals surface area contributed by atoms with Crippen LogP contribution in [0.1, 0.15) is 22.6 Å². The number of phenols is 1. The monoisotopic (exact) mass is 377 g/mol. The molecule has 1 aliphatic rings. The van der Waals surface area contributed by atoms with Crippen LogP contribution in [0, 0.1) is 0 Å². The number of para-hydroxylation sites is 1. The number of benzene rings is 3. The van der Waals surface area contributed by atoms with Gasteiger partial charge in [-0.05, 0) is 41.5 Å². The van der Waals surface area contributed by atoms with E-state index < -0.39 is 0 Å². The maximum absolute atomic E-state index is 10.8. The summed E-state index contributed by atoms with van der Waals surface area (Å²) >= 11 is 6.11. The van der Waals surface area contributed by atoms with Crippen molar-refractivity contribution in [3.05, 3.63) is 88.6 Å². The minimum absolute atomic E-state index is 0.146. The van der Waals surface area contributed by atoms with Crippen molar-refractivity contribution in [3.63, 3.8) is 0 Å². The SMILES string of the molecule is Oc1ccc2c(c1C(c1ccc(Cl)cc1)c1c[nH]c3ccccc13)OCO2. The van der Waals surface area contributed by atoms with Crippen molar-refractivity contribution < 1.29 is 14.6 Å². The fourth-order valence-corrected chi connectivity index (χ4v) is 3.88. The number of hydrogen-bond acceptors (Lipinski definition) is 3. The van der Waals surface area contributed by atoms with E-state index in [0.717, 1.165) is 22.0 Å². The van der Waals surface area contributed by atoms with Crippen LogP contribution in [0.3, 0.4) is 0 Å². The molecule has 3 aromatic carbocycles. The zero-order chi connectivity index (χ0) is 18.4. The molecule has 5 heteroatoms. The van der Waals surface area contributed by atoms with E-state index in [9.17, 15) is 5.11 Å². The maximum atomic E-state index is 10.8. The third-order valence-corrected chi connectivity index (χ3v) is 5.23. The molecule has 4 aromatic rings. The van der Waals surface area contributed by atoms with Crippen LogP contribution in [-0.2, 0) is 0 Å². The third-order valence-electron chi connectivity index (χ3n) is 4.98. The Morgan fingerprint density at radius 3 is 2.63 bits per heavy atom. The van der Waals surface area contributed by atoms with E-state index in [2.05, 4.69) is 11.1 Å². The van der Waals surface area contributed by atoms with E-state index in [-0.39, 0.29) is 18.5 Å². The Kier molecular flexibility index (Phi) is 3.73. The first-order chi connectivity index (χ1) is 13.2. The van der Waals surface area contributed by atoms with E-state index in [0.29, 0.717) is 22.1 Å². The van der Waals surface area contributed by atoms with Gasteiger partial charge in [-0.3, -0.25) is 0 Å². The lowest BCUT2D eigenvalue weighted by atomic mass is 9.84. The number of H-pyrrole nitrogens is 1. The van der Waals surface area contributed by atoms with Crippen LogP contribution in [0.2, 0.25) is 5.02 Å². The van der Waals surface area contributed by atoms with Crippen molar-refractivity contribution in [3.8, 4) is 17.2 Å². The maximum Gasteiger partial charge on any atom is 0.231 e. The average Bonchev–Trinajstić information content (AvgIpc) is 3.32. The second kappa shape index (κ2) is 6.25. The second-order valence-electron chi connectivity index (χ2n) is 6.51. The predicted molar refractivity (Wildman–Crippen MR) is 105 cm³/mol. The summed E-state index contributed by atoms with van der Waals surface area (Å²) in [7, 11) is 0. The van der Waals surface area contributed by atoms with Gasteiger partial charge in [-0.25, -0.2) is 0 Å². The molecule has 4 nitrogen and oxygen atoms in total. The van der Waals surface area contributed by atoms with Crippen molar-refractivity contribution in [1.82, 2.24) is 4.98 Å². The zero-order valence-corrected chi connectivity index (χ0v) is 15.0. The fourth-order valence-electron chi connectivity index (χ4n) is 3.75. The molecular formula is C22H16ClNO3. The van der Waals surface area contributed by atoms with Crippen molar-refractivity contribution in [2.75, 3.05) is 6.79 Å². The number of phenolic OH excluding ortho intramolecular Hbond substituents is 1. The molecule has 0 amide bonds. The lowest BCUT2D eigenvalue weighted by Gasteiger charge is -2.21. The Balaban J connectivity index is 1.80. The molecule has 1 aliphatic heterocycles. The number of nitrogens with one attached hydrogen (secondary N) is 1. The summed E-state index contributed by atoms with van der Waals surface area (Å²) in [4.78, 5) is 3.33. The van der Waals surface area contributed by atoms with Gasteiger partial charge in [-0.2, -0.15) is 0 Å². The van der Waals surface area contributed by atoms with E-state index >= 15 is 0 Å². The summed E-state index contributed by atoms with van der Waals surface area (Å²) < 4.78 is 11.3. The van der Waals surface area contributed by atoms with Gasteiger partial charge in [0.2, 0.25) is 6.79 Å². The third kappa shape index (κ3) is 2.61. The highest BCUT2D eigenvalue weighted by molar-refractivity contribution is 6.30. The van der Waals surface area contributed by atoms with Gasteiger partial charge in [-0.1, -0.05) is 41.9 Å². The van der Waals surface area contributed by atoms with Gasteiger partial charge in [0, 0.05) is 28.0 Å². The van der Waals surface area contributed by atoms with Crippen molar-refractivity contribution >= 4 is 22.5 Å². The Hall–Kier alpha value is -3.11. The zero-order valence-electron chi connectivity index (χ0n) is 14.3. The second-order valence-corrected chi connectivity index (χ2v) is 6.94. The van der Waals surface area contributed by atoms with Crippen LogP contribution in [0.15, 0.2) is 66.9 Å². The molecule has 0 bridgehead atoms. The molecule has 0 radical (unpaired) electrons. The summed E-state index contributed by atoms with van der Waals surface area (Å²) in [5.41, 5.74) is 3.78. The summed E-state index contributed by atoms with van der Waals surface area (Å²) in [6.07, 6.45) is 1.98. The number of aromatic hydroxyl groups is 1. The molecule has 5 rings (SSSR count). The highest BCUT2D eigenvalue weighted by atomic mass is 35.5. The molecule has 2 heterocycles. The summed E-state index contributed by atoms with van der Waals surface area (Å²) in [6, 6.07) is 19.2. The summed E-state index contributed by atoms with van der Waals surface area (Å²) in [6.45, 7) is 0.146. The number of aromatic nitrogens is 1. The fraction of sp³-hybridized carbons (Fsp3) is 0.0909. The largest absolute Gasteiger partial charge is 0.507 e. The van der Waals surface area contributed by atoms with E-state index in [1.54, 1.807) is 12.1 Å². The standard InChI is InChI=1S/C22H16ClNO3/c23-14-7-5-13(6-8-14)20(16-11-24-17-4-2-1-3-15(16)17)21-18(25)9-10-19-22(21)27-12-26-19/h1-11,20,24-25H,12H2. The van der Waals surface area contributed by atoms with Crippen molar-refractivity contribution in [2.24, 2.45) is 0 Å². The Labute approximate surface area is 160 Å². The predicted octanol–water partition coefficient (Wildman–Crippen LogP) is 5.44. The number of rotatable bonds is 3. The van der Waals surface area contributed by atoms with Gasteiger partial charge in [0.15, 0.2) is 11.5 Å². The van der Waals surface area contributed by atoms with Gasteiger partial charge in [0.05, 0.1) is 5.56 Å². The van der Waals surface area contributed by atoms with Crippen LogP contribution in [0.5, 0.6) is 17.2 Å². The molecule has 134 valence electrons. The van der Waals surface area contributed by atoms with Crippen LogP contribution >= 0.6 is 11.6 Å². The molecule has 27 heavy (non-hydrogen) atoms. The molecule has 1 unspecified atom stereocenters. The van der Waals surface area contributed by atoms with E-state index in [1.165, 1.54) is 0 Å². The number of halogens is 1. The van der Waals surface area contributed by atoms with E-state index in [1.807, 2.05) is 48.7 Å². The molecule has 1 atom stereocenters. The Bertz CT molecular complexity index is 1130. The first kappa shape index (κ1) is 16.1. The Morgan fingerprint density at radius 2 is 1.78 bits per heavy atom. The van der Waals surface area contributed by atoms with Crippen molar-refractivity contribution in [1.29, 1.82) is 0 Å². The van der Waals surface area contributed by atoms with Crippen LogP contribution in [-0.4, -0.2) is 16.9 Å². The Morgan fingerprint density at radius 1 is 0.963 bits per heavy atom. The molecule has 0 spiro atoms. The molecule has 0 saturated heterocycles. The quantitative estimate of drug-likeness (QED) is 0.500. The normalized spacial score (nSPS) is 13.8. The highest BCUT2D eigenvalue weighted by Gasteiger charge is 2.30. The average molecular weight is 378 g/mol. The number of hydrogen-bond donors (Lipinski definition) is 2. The molecule has 1 aromatic heterocycles. The summed E-state index contributed by atoms with van der Waals surface area (Å²) in [5, 5.41) is 12.5. The topological polar surface area (TPSA) is 54.5 Å². The van der Waals surface area contributed by atoms with Gasteiger partial charge >= 0.3 is 0 Å². The van der Waals surface area contributed by atoms with Gasteiger partial charge in [-0.15, -0.1) is 0 Å². The molecule has 2 N–H and O–H groups in total. The molecule has 0 saturated carbocycles. The number of ether oxygens (including phenoxy) is 2. The summed E-state index contributed by atoms with van der Waals surface area (Å²) in [5.74, 6) is 1.15. The molecule has 0 aliphatic carbocycles. The molecule has 0 fully saturated rings. The lowest BCUT2D eigenvalue weighted by Crippen LogP contribution is -2.05. The first-order valence-corrected chi connectivity index (χ1v) is 9.03. The van der Waals surface area contributed by atoms with Crippen LogP contribution < -0.4 is 9.47 Å². The minimum Gasteiger partial charge on any atom is -0.507 e. The first-order valence-electron chi connectivity index (χ1n) is 8.65. The van der Waals surface area contributed by atoms with Gasteiger partial charge in [0.25, 0.3) is 0 Å². The molecular weight excluding hydrogens is 362 g/mol. The van der Waals surface area contributed by atoms with Crippen molar-refractivity contribution in [2.45, 2.75) is 5.92 Å². The lowest BCUT2D eigenvalue weighted by molar-refractivity contribution is 0.173. The number of fused-ring (bicyclic) bond motifs is 2. The highest BCUT2D eigenvalue weighted by Crippen LogP contribution is 2.49. The van der Waals surface area contributed by atoms with Gasteiger partial charge < -0.3 is 19.6 Å². The van der Waals surface area contributed by atoms with Crippen LogP contribution in [0.25, 0.3) is 10.9 Å². The van der Waals surface area contributed by atoms with Gasteiger partial charge in [0.1, 0.15) is 5.75 Å². The number of aromatic amines is 1. The van der Waals surface area contributed by atoms with Crippen LogP contribution in [0.4, 0.5) is 0 Å².